The molecule has 8 heteroatoms. The fourth-order valence-electron chi connectivity index (χ4n) is 3.50. The minimum Gasteiger partial charge on any atom is -0.481 e. The van der Waals surface area contributed by atoms with Crippen molar-refractivity contribution in [3.8, 4) is 0 Å². The molecule has 2 saturated carbocycles. The van der Waals surface area contributed by atoms with Gasteiger partial charge in [0, 0.05) is 13.7 Å². The highest BCUT2D eigenvalue weighted by molar-refractivity contribution is 7.55. The third kappa shape index (κ3) is 5.30. The molecular formula is C16H28NO6P. The molecule has 2 fully saturated rings. The Balaban J connectivity index is 1.84. The van der Waals surface area contributed by atoms with Gasteiger partial charge in [-0.05, 0) is 51.4 Å². The average molecular weight is 361 g/mol. The normalized spacial score (nSPS) is 33.4. The molecule has 0 atom stereocenters. The predicted molar refractivity (Wildman–Crippen MR) is 90.1 cm³/mol. The summed E-state index contributed by atoms with van der Waals surface area (Å²) in [5.74, 6) is -1.98. The Bertz CT molecular complexity index is 467. The summed E-state index contributed by atoms with van der Waals surface area (Å²) < 4.78 is 16.6. The second-order valence-electron chi connectivity index (χ2n) is 6.84. The van der Waals surface area contributed by atoms with Gasteiger partial charge in [-0.3, -0.25) is 14.3 Å². The summed E-state index contributed by atoms with van der Waals surface area (Å²) in [5, 5.41) is 18.1. The highest BCUT2D eigenvalue weighted by Crippen LogP contribution is 2.53. The van der Waals surface area contributed by atoms with E-state index in [1.165, 1.54) is 0 Å². The molecule has 0 aromatic rings. The third-order valence-electron chi connectivity index (χ3n) is 5.10. The van der Waals surface area contributed by atoms with E-state index in [0.29, 0.717) is 25.7 Å². The van der Waals surface area contributed by atoms with E-state index in [2.05, 4.69) is 4.74 Å². The van der Waals surface area contributed by atoms with Crippen LogP contribution < -0.4 is 0 Å². The Morgan fingerprint density at radius 3 is 1.42 bits per heavy atom. The summed E-state index contributed by atoms with van der Waals surface area (Å²) in [6.07, 6.45) is 5.40. The first-order valence-corrected chi connectivity index (χ1v) is 10.7. The number of nitrogens with zero attached hydrogens (tertiary/aromatic N) is 1. The lowest BCUT2D eigenvalue weighted by Crippen LogP contribution is -2.28. The van der Waals surface area contributed by atoms with Gasteiger partial charge in [0.15, 0.2) is 0 Å². The van der Waals surface area contributed by atoms with Crippen LogP contribution >= 0.6 is 7.51 Å². The molecule has 0 aliphatic heterocycles. The molecule has 0 heterocycles. The minimum atomic E-state index is -2.34. The van der Waals surface area contributed by atoms with E-state index in [-0.39, 0.29) is 24.0 Å². The molecule has 2 aliphatic rings. The molecular weight excluding hydrogens is 333 g/mol. The van der Waals surface area contributed by atoms with E-state index in [1.807, 2.05) is 6.66 Å². The number of aliphatic carboxylic acids is 2. The Hall–Kier alpha value is -0.910. The van der Waals surface area contributed by atoms with Gasteiger partial charge in [-0.2, -0.15) is 0 Å². The van der Waals surface area contributed by atoms with E-state index < -0.39 is 19.4 Å². The van der Waals surface area contributed by atoms with Gasteiger partial charge in [0.1, 0.15) is 0 Å². The van der Waals surface area contributed by atoms with Crippen LogP contribution in [0.1, 0.15) is 51.4 Å². The SMILES string of the molecule is CN=P(C)(OC1CCC(C(=O)O)CC1)OC1CCC(C(=O)O)CC1. The molecule has 0 unspecified atom stereocenters. The summed E-state index contributed by atoms with van der Waals surface area (Å²) in [7, 11) is -0.650. The van der Waals surface area contributed by atoms with Crippen LogP contribution in [0.3, 0.4) is 0 Å². The number of carbonyl (C=O) groups is 2. The second-order valence-corrected chi connectivity index (χ2v) is 9.27. The summed E-state index contributed by atoms with van der Waals surface area (Å²) in [6.45, 7) is 1.89. The van der Waals surface area contributed by atoms with Gasteiger partial charge in [-0.15, -0.1) is 0 Å². The molecule has 2 aliphatic carbocycles. The van der Waals surface area contributed by atoms with Crippen molar-refractivity contribution in [2.45, 2.75) is 63.6 Å². The zero-order valence-electron chi connectivity index (χ0n) is 14.4. The molecule has 0 saturated heterocycles. The van der Waals surface area contributed by atoms with E-state index in [0.717, 1.165) is 25.7 Å². The Labute approximate surface area is 143 Å². The topological polar surface area (TPSA) is 105 Å². The van der Waals surface area contributed by atoms with Gasteiger partial charge < -0.3 is 19.3 Å². The third-order valence-corrected chi connectivity index (χ3v) is 7.20. The molecule has 0 aromatic heterocycles. The van der Waals surface area contributed by atoms with E-state index in [9.17, 15) is 9.59 Å². The molecule has 2 N–H and O–H groups in total. The number of rotatable bonds is 6. The minimum absolute atomic E-state index is 0.00186. The van der Waals surface area contributed by atoms with Crippen LogP contribution in [-0.4, -0.2) is 48.1 Å². The molecule has 0 amide bonds. The summed E-state index contributed by atoms with van der Waals surface area (Å²) in [5.41, 5.74) is 0. The van der Waals surface area contributed by atoms with Crippen molar-refractivity contribution in [3.05, 3.63) is 0 Å². The molecule has 24 heavy (non-hydrogen) atoms. The van der Waals surface area contributed by atoms with Crippen LogP contribution in [0.25, 0.3) is 0 Å². The van der Waals surface area contributed by atoms with Crippen LogP contribution in [0.15, 0.2) is 4.74 Å². The van der Waals surface area contributed by atoms with Crippen LogP contribution in [-0.2, 0) is 18.6 Å². The van der Waals surface area contributed by atoms with E-state index in [1.54, 1.807) is 7.05 Å². The lowest BCUT2D eigenvalue weighted by atomic mass is 9.88. The van der Waals surface area contributed by atoms with Gasteiger partial charge in [0.05, 0.1) is 24.0 Å². The number of hydrogen-bond acceptors (Lipinski definition) is 5. The molecule has 138 valence electrons. The fourth-order valence-corrected chi connectivity index (χ4v) is 5.27. The first kappa shape index (κ1) is 19.4. The highest BCUT2D eigenvalue weighted by Gasteiger charge is 2.33. The van der Waals surface area contributed by atoms with Gasteiger partial charge in [-0.25, -0.2) is 0 Å². The lowest BCUT2D eigenvalue weighted by Gasteiger charge is -2.34. The van der Waals surface area contributed by atoms with Crippen molar-refractivity contribution >= 4 is 19.4 Å². The van der Waals surface area contributed by atoms with E-state index >= 15 is 0 Å². The summed E-state index contributed by atoms with van der Waals surface area (Å²) in [6, 6.07) is 0. The van der Waals surface area contributed by atoms with Crippen molar-refractivity contribution in [2.75, 3.05) is 13.7 Å². The van der Waals surface area contributed by atoms with Crippen LogP contribution in [0.2, 0.25) is 0 Å². The van der Waals surface area contributed by atoms with Crippen LogP contribution in [0.5, 0.6) is 0 Å². The highest BCUT2D eigenvalue weighted by atomic mass is 31.2. The maximum Gasteiger partial charge on any atom is 0.306 e. The van der Waals surface area contributed by atoms with Crippen LogP contribution in [0, 0.1) is 11.8 Å². The van der Waals surface area contributed by atoms with Gasteiger partial charge in [0.25, 0.3) is 0 Å². The Kier molecular flexibility index (Phi) is 6.84. The Morgan fingerprint density at radius 1 is 0.833 bits per heavy atom. The second kappa shape index (κ2) is 8.45. The van der Waals surface area contributed by atoms with Crippen molar-refractivity contribution in [1.82, 2.24) is 0 Å². The zero-order valence-corrected chi connectivity index (χ0v) is 15.3. The lowest BCUT2D eigenvalue weighted by molar-refractivity contribution is -0.144. The predicted octanol–water partition coefficient (Wildman–Crippen LogP) is 3.60. The van der Waals surface area contributed by atoms with Gasteiger partial charge in [-0.1, -0.05) is 0 Å². The molecule has 7 nitrogen and oxygen atoms in total. The maximum atomic E-state index is 11.0. The molecule has 0 bridgehead atoms. The zero-order chi connectivity index (χ0) is 17.7. The van der Waals surface area contributed by atoms with Gasteiger partial charge >= 0.3 is 11.9 Å². The largest absolute Gasteiger partial charge is 0.481 e. The molecule has 0 radical (unpaired) electrons. The first-order valence-electron chi connectivity index (χ1n) is 8.63. The smallest absolute Gasteiger partial charge is 0.306 e. The number of carboxylic acids is 2. The van der Waals surface area contributed by atoms with Crippen LogP contribution in [0.4, 0.5) is 0 Å². The van der Waals surface area contributed by atoms with Crippen molar-refractivity contribution in [2.24, 2.45) is 16.6 Å². The standard InChI is InChI=1S/C16H28NO6P/c1-17-24(2,22-13-7-3-11(4-8-13)15(18)19)23-14-9-5-12(6-10-14)16(20)21/h11-14H,3-10H2,1-2H3,(H,18,19)(H,20,21). The summed E-state index contributed by atoms with van der Waals surface area (Å²) in [4.78, 5) is 22.0. The van der Waals surface area contributed by atoms with E-state index in [4.69, 9.17) is 19.3 Å². The average Bonchev–Trinajstić information content (AvgIpc) is 2.55. The summed E-state index contributed by atoms with van der Waals surface area (Å²) >= 11 is 0. The monoisotopic (exact) mass is 361 g/mol. The van der Waals surface area contributed by atoms with Crippen molar-refractivity contribution in [1.29, 1.82) is 0 Å². The van der Waals surface area contributed by atoms with Crippen molar-refractivity contribution in [3.63, 3.8) is 0 Å². The number of carboxylic acid groups (broad SMARTS) is 2. The maximum absolute atomic E-state index is 11.0. The fraction of sp³-hybridized carbons (Fsp3) is 0.875. The Morgan fingerprint density at radius 2 is 1.17 bits per heavy atom. The molecule has 2 rings (SSSR count). The molecule has 0 spiro atoms. The molecule has 0 aromatic carbocycles. The quantitative estimate of drug-likeness (QED) is 0.700. The van der Waals surface area contributed by atoms with Crippen molar-refractivity contribution < 1.29 is 28.8 Å². The first-order chi connectivity index (χ1) is 11.3. The number of hydrogen-bond donors (Lipinski definition) is 2. The van der Waals surface area contributed by atoms with Gasteiger partial charge in [0.2, 0.25) is 7.51 Å².